The third-order valence-electron chi connectivity index (χ3n) is 4.56. The van der Waals surface area contributed by atoms with Gasteiger partial charge in [-0.25, -0.2) is 0 Å². The van der Waals surface area contributed by atoms with Gasteiger partial charge in [-0.15, -0.1) is 0 Å². The minimum Gasteiger partial charge on any atom is -0.356 e. The van der Waals surface area contributed by atoms with Crippen molar-refractivity contribution < 1.29 is 18.4 Å². The lowest BCUT2D eigenvalue weighted by atomic mass is 9.98. The summed E-state index contributed by atoms with van der Waals surface area (Å²) in [6.45, 7) is 2.85. The minimum absolute atomic E-state index is 0.0515. The number of carbonyl (C=O) groups excluding carboxylic acids is 2. The molecular weight excluding hydrogens is 306 g/mol. The molecule has 0 aromatic carbocycles. The van der Waals surface area contributed by atoms with E-state index in [9.17, 15) is 18.4 Å². The van der Waals surface area contributed by atoms with Gasteiger partial charge < -0.3 is 10.2 Å². The molecule has 0 bridgehead atoms. The molecule has 1 atom stereocenters. The van der Waals surface area contributed by atoms with E-state index in [1.165, 1.54) is 16.5 Å². The fourth-order valence-electron chi connectivity index (χ4n) is 3.37. The normalized spacial score (nSPS) is 22.7. The fraction of sp³-hybridized carbons (Fsp3) is 0.667. The first-order valence-electron chi connectivity index (χ1n) is 7.81. The number of nitrogens with zero attached hydrogens (tertiary/aromatic N) is 3. The molecule has 0 fully saturated rings. The van der Waals surface area contributed by atoms with Crippen LogP contribution in [0.3, 0.4) is 0 Å². The predicted octanol–water partition coefficient (Wildman–Crippen LogP) is 1.04. The smallest absolute Gasteiger partial charge is 0.289 e. The van der Waals surface area contributed by atoms with E-state index in [4.69, 9.17) is 0 Å². The molecule has 1 unspecified atom stereocenters. The zero-order valence-electron chi connectivity index (χ0n) is 13.0. The monoisotopic (exact) mass is 326 g/mol. The summed E-state index contributed by atoms with van der Waals surface area (Å²) in [5.41, 5.74) is 1.11. The van der Waals surface area contributed by atoms with Crippen molar-refractivity contribution >= 4 is 12.3 Å². The van der Waals surface area contributed by atoms with Crippen molar-refractivity contribution in [2.24, 2.45) is 5.92 Å². The molecule has 2 amide bonds. The molecule has 126 valence electrons. The lowest BCUT2D eigenvalue weighted by Crippen LogP contribution is -2.30. The van der Waals surface area contributed by atoms with E-state index in [2.05, 4.69) is 10.4 Å². The van der Waals surface area contributed by atoms with Gasteiger partial charge in [0.15, 0.2) is 0 Å². The molecule has 0 radical (unpaired) electrons. The lowest BCUT2D eigenvalue weighted by molar-refractivity contribution is -0.119. The van der Waals surface area contributed by atoms with Crippen LogP contribution in [0.2, 0.25) is 0 Å². The number of hydrogen-bond donors (Lipinski definition) is 1. The first kappa shape index (κ1) is 15.9. The summed E-state index contributed by atoms with van der Waals surface area (Å²) in [6, 6.07) is 0. The van der Waals surface area contributed by atoms with Crippen LogP contribution in [0.15, 0.2) is 0 Å². The number of alkyl halides is 2. The number of aromatic nitrogens is 2. The van der Waals surface area contributed by atoms with Crippen molar-refractivity contribution in [3.63, 3.8) is 0 Å². The van der Waals surface area contributed by atoms with Crippen LogP contribution >= 0.6 is 0 Å². The summed E-state index contributed by atoms with van der Waals surface area (Å²) in [7, 11) is 0. The molecule has 0 spiro atoms. The van der Waals surface area contributed by atoms with Gasteiger partial charge >= 0.3 is 0 Å². The van der Waals surface area contributed by atoms with Gasteiger partial charge in [-0.2, -0.15) is 13.9 Å². The van der Waals surface area contributed by atoms with Crippen molar-refractivity contribution in [2.75, 3.05) is 13.1 Å². The Balaban J connectivity index is 1.91. The quantitative estimate of drug-likeness (QED) is 0.844. The summed E-state index contributed by atoms with van der Waals surface area (Å²) in [4.78, 5) is 23.5. The highest BCUT2D eigenvalue weighted by molar-refractivity contribution is 5.72. The number of halogens is 2. The van der Waals surface area contributed by atoms with Crippen LogP contribution < -0.4 is 5.32 Å². The summed E-state index contributed by atoms with van der Waals surface area (Å²) in [6.07, 6.45) is 1.25. The van der Waals surface area contributed by atoms with Gasteiger partial charge in [-0.1, -0.05) is 0 Å². The molecule has 8 heteroatoms. The Bertz CT molecular complexity index is 629. The maximum Gasteiger partial charge on any atom is 0.289 e. The lowest BCUT2D eigenvalue weighted by Gasteiger charge is -2.24. The first-order chi connectivity index (χ1) is 10.9. The van der Waals surface area contributed by atoms with Crippen LogP contribution in [0.25, 0.3) is 0 Å². The molecule has 1 N–H and O–H groups in total. The standard InChI is InChI=1S/C15H20F2N4O2/c1-10(23)18-6-11-2-4-15(16,17)14-12-8-20(9-22)5-3-13(12)19-21(14)7-11/h9,11H,2-8H2,1H3,(H,18,23). The predicted molar refractivity (Wildman–Crippen MR) is 77.7 cm³/mol. The Morgan fingerprint density at radius 2 is 2.30 bits per heavy atom. The van der Waals surface area contributed by atoms with Gasteiger partial charge in [0, 0.05) is 51.5 Å². The maximum absolute atomic E-state index is 14.6. The number of amides is 2. The highest BCUT2D eigenvalue weighted by Gasteiger charge is 2.43. The second-order valence-corrected chi connectivity index (χ2v) is 6.33. The van der Waals surface area contributed by atoms with Crippen LogP contribution in [-0.4, -0.2) is 40.1 Å². The van der Waals surface area contributed by atoms with E-state index in [1.54, 1.807) is 0 Å². The van der Waals surface area contributed by atoms with Crippen molar-refractivity contribution in [1.82, 2.24) is 20.0 Å². The summed E-state index contributed by atoms with van der Waals surface area (Å²) in [5.74, 6) is -3.20. The Hall–Kier alpha value is -1.99. The molecule has 0 aliphatic carbocycles. The van der Waals surface area contributed by atoms with Crippen molar-refractivity contribution in [3.8, 4) is 0 Å². The van der Waals surface area contributed by atoms with E-state index < -0.39 is 5.92 Å². The molecule has 6 nitrogen and oxygen atoms in total. The van der Waals surface area contributed by atoms with Crippen LogP contribution in [0.4, 0.5) is 8.78 Å². The zero-order chi connectivity index (χ0) is 16.6. The zero-order valence-corrected chi connectivity index (χ0v) is 13.0. The van der Waals surface area contributed by atoms with Crippen molar-refractivity contribution in [2.45, 2.75) is 45.2 Å². The van der Waals surface area contributed by atoms with Crippen LogP contribution in [0, 0.1) is 5.92 Å². The molecule has 1 aromatic rings. The molecule has 3 heterocycles. The average Bonchev–Trinajstić information content (AvgIpc) is 2.81. The molecule has 2 aliphatic rings. The van der Waals surface area contributed by atoms with E-state index in [1.807, 2.05) is 0 Å². The van der Waals surface area contributed by atoms with Gasteiger partial charge in [0.25, 0.3) is 5.92 Å². The molecule has 23 heavy (non-hydrogen) atoms. The second-order valence-electron chi connectivity index (χ2n) is 6.33. The summed E-state index contributed by atoms with van der Waals surface area (Å²) >= 11 is 0. The number of rotatable bonds is 3. The van der Waals surface area contributed by atoms with Crippen LogP contribution in [-0.2, 0) is 35.0 Å². The Morgan fingerprint density at radius 3 is 3.00 bits per heavy atom. The fourth-order valence-corrected chi connectivity index (χ4v) is 3.37. The molecule has 0 saturated carbocycles. The van der Waals surface area contributed by atoms with E-state index in [-0.39, 0.29) is 30.5 Å². The highest BCUT2D eigenvalue weighted by Crippen LogP contribution is 2.41. The SMILES string of the molecule is CC(=O)NCC1CCC(F)(F)c2c3c(nn2C1)CCN(C=O)C3. The van der Waals surface area contributed by atoms with Crippen molar-refractivity contribution in [3.05, 3.63) is 17.0 Å². The highest BCUT2D eigenvalue weighted by atomic mass is 19.3. The van der Waals surface area contributed by atoms with E-state index in [0.29, 0.717) is 50.1 Å². The van der Waals surface area contributed by atoms with Crippen LogP contribution in [0.5, 0.6) is 0 Å². The maximum atomic E-state index is 14.6. The largest absolute Gasteiger partial charge is 0.356 e. The van der Waals surface area contributed by atoms with Crippen LogP contribution in [0.1, 0.15) is 36.7 Å². The van der Waals surface area contributed by atoms with Gasteiger partial charge in [-0.05, 0) is 12.3 Å². The first-order valence-corrected chi connectivity index (χ1v) is 7.81. The van der Waals surface area contributed by atoms with Crippen molar-refractivity contribution in [1.29, 1.82) is 0 Å². The van der Waals surface area contributed by atoms with Gasteiger partial charge in [-0.3, -0.25) is 14.3 Å². The molecule has 0 saturated heterocycles. The van der Waals surface area contributed by atoms with E-state index >= 15 is 0 Å². The second kappa shape index (κ2) is 5.90. The molecular formula is C15H20F2N4O2. The Kier molecular flexibility index (Phi) is 4.08. The number of hydrogen-bond acceptors (Lipinski definition) is 3. The topological polar surface area (TPSA) is 67.2 Å². The number of fused-ring (bicyclic) bond motifs is 3. The van der Waals surface area contributed by atoms with Gasteiger partial charge in [0.2, 0.25) is 12.3 Å². The van der Waals surface area contributed by atoms with E-state index in [0.717, 1.165) is 0 Å². The molecule has 1 aromatic heterocycles. The average molecular weight is 326 g/mol. The molecule has 2 aliphatic heterocycles. The minimum atomic E-state index is -2.96. The Labute approximate surface area is 132 Å². The Morgan fingerprint density at radius 1 is 1.52 bits per heavy atom. The third-order valence-corrected chi connectivity index (χ3v) is 4.56. The van der Waals surface area contributed by atoms with Gasteiger partial charge in [0.05, 0.1) is 5.69 Å². The third kappa shape index (κ3) is 3.07. The summed E-state index contributed by atoms with van der Waals surface area (Å²) in [5, 5.41) is 7.07. The summed E-state index contributed by atoms with van der Waals surface area (Å²) < 4.78 is 30.7. The number of carbonyl (C=O) groups is 2. The number of nitrogens with one attached hydrogen (secondary N) is 1. The van der Waals surface area contributed by atoms with Gasteiger partial charge in [0.1, 0.15) is 5.69 Å². The molecule has 3 rings (SSSR count).